The average molecular weight is 433 g/mol. The van der Waals surface area contributed by atoms with Crippen LogP contribution in [0.2, 0.25) is 0 Å². The van der Waals surface area contributed by atoms with E-state index in [1.54, 1.807) is 6.92 Å². The molecule has 8 nitrogen and oxygen atoms in total. The van der Waals surface area contributed by atoms with Crippen LogP contribution < -0.4 is 10.6 Å². The number of aromatic nitrogens is 3. The molecule has 2 aromatic heterocycles. The van der Waals surface area contributed by atoms with Crippen LogP contribution in [0.4, 0.5) is 4.79 Å². The smallest absolute Gasteiger partial charge is 0.337 e. The summed E-state index contributed by atoms with van der Waals surface area (Å²) < 4.78 is 7.17. The summed E-state index contributed by atoms with van der Waals surface area (Å²) in [4.78, 5) is 33.9. The number of hydrogen-bond donors (Lipinski definition) is 2. The molecule has 1 aliphatic rings. The van der Waals surface area contributed by atoms with Crippen molar-refractivity contribution in [1.29, 1.82) is 0 Å². The maximum Gasteiger partial charge on any atom is 0.337 e. The Morgan fingerprint density at radius 2 is 1.90 bits per heavy atom. The Labute approximate surface area is 181 Å². The molecule has 0 atom stereocenters. The molecular weight excluding hydrogens is 414 g/mol. The highest BCUT2D eigenvalue weighted by Crippen LogP contribution is 2.30. The molecule has 0 radical (unpaired) electrons. The third-order valence-electron chi connectivity index (χ3n) is 5.03. The summed E-state index contributed by atoms with van der Waals surface area (Å²) in [7, 11) is 0. The number of nitrogens with one attached hydrogen (secondary N) is 2. The Balaban J connectivity index is 1.61. The first kappa shape index (κ1) is 19.4. The lowest BCUT2D eigenvalue weighted by Gasteiger charge is -2.21. The highest BCUT2D eigenvalue weighted by molar-refractivity contribution is 7.99. The molecule has 0 saturated heterocycles. The van der Waals surface area contributed by atoms with Crippen molar-refractivity contribution in [3.05, 3.63) is 59.8 Å². The van der Waals surface area contributed by atoms with Crippen molar-refractivity contribution in [2.45, 2.75) is 12.1 Å². The summed E-state index contributed by atoms with van der Waals surface area (Å²) in [5.74, 6) is -0.0792. The summed E-state index contributed by atoms with van der Waals surface area (Å²) in [6.45, 7) is 2.15. The van der Waals surface area contributed by atoms with Crippen LogP contribution in [0.5, 0.6) is 0 Å². The largest absolute Gasteiger partial charge is 0.463 e. The monoisotopic (exact) mass is 433 g/mol. The van der Waals surface area contributed by atoms with Gasteiger partial charge in [0.15, 0.2) is 5.16 Å². The third kappa shape index (κ3) is 3.46. The van der Waals surface area contributed by atoms with Crippen molar-refractivity contribution in [3.63, 3.8) is 0 Å². The zero-order valence-corrected chi connectivity index (χ0v) is 17.5. The molecule has 3 heterocycles. The van der Waals surface area contributed by atoms with Gasteiger partial charge in [0.2, 0.25) is 0 Å². The number of hydrogen-bond acceptors (Lipinski definition) is 6. The van der Waals surface area contributed by atoms with Crippen molar-refractivity contribution < 1.29 is 14.3 Å². The fourth-order valence-corrected chi connectivity index (χ4v) is 4.61. The molecule has 2 amide bonds. The number of amides is 2. The van der Waals surface area contributed by atoms with Crippen LogP contribution in [-0.4, -0.2) is 45.3 Å². The minimum Gasteiger partial charge on any atom is -0.463 e. The predicted octanol–water partition coefficient (Wildman–Crippen LogP) is 3.26. The maximum atomic E-state index is 12.3. The number of imidazole rings is 1. The van der Waals surface area contributed by atoms with Gasteiger partial charge in [-0.15, -0.1) is 0 Å². The van der Waals surface area contributed by atoms with Gasteiger partial charge in [-0.2, -0.15) is 0 Å². The molecule has 0 unspecified atom stereocenters. The molecule has 0 fully saturated rings. The lowest BCUT2D eigenvalue weighted by atomic mass is 10.2. The number of carbonyl (C=O) groups is 2. The highest BCUT2D eigenvalue weighted by Gasteiger charge is 2.24. The van der Waals surface area contributed by atoms with Crippen LogP contribution in [0.1, 0.15) is 6.92 Å². The van der Waals surface area contributed by atoms with Crippen molar-refractivity contribution in [2.75, 3.05) is 18.9 Å². The minimum atomic E-state index is -0.435. The van der Waals surface area contributed by atoms with Crippen LogP contribution in [0, 0.1) is 0 Å². The molecule has 31 heavy (non-hydrogen) atoms. The Morgan fingerprint density at radius 1 is 1.13 bits per heavy atom. The quantitative estimate of drug-likeness (QED) is 0.285. The SMILES string of the molecule is CCOC(=O)C1=C(CSc2nc3ccccc3c3nc4ccccc4n23)NC(=O)NC1. The zero-order valence-electron chi connectivity index (χ0n) is 16.7. The van der Waals surface area contributed by atoms with Gasteiger partial charge in [-0.25, -0.2) is 19.6 Å². The van der Waals surface area contributed by atoms with Gasteiger partial charge in [-0.05, 0) is 31.2 Å². The zero-order chi connectivity index (χ0) is 21.4. The topological polar surface area (TPSA) is 97.6 Å². The van der Waals surface area contributed by atoms with Crippen molar-refractivity contribution in [2.24, 2.45) is 0 Å². The van der Waals surface area contributed by atoms with Gasteiger partial charge in [0.05, 0.1) is 35.3 Å². The van der Waals surface area contributed by atoms with Gasteiger partial charge < -0.3 is 15.4 Å². The van der Waals surface area contributed by atoms with Gasteiger partial charge >= 0.3 is 12.0 Å². The molecule has 5 rings (SSSR count). The molecule has 2 N–H and O–H groups in total. The summed E-state index contributed by atoms with van der Waals surface area (Å²) in [6, 6.07) is 15.4. The van der Waals surface area contributed by atoms with E-state index in [1.165, 1.54) is 11.8 Å². The normalized spacial score (nSPS) is 14.2. The van der Waals surface area contributed by atoms with Gasteiger partial charge in [0, 0.05) is 16.8 Å². The molecule has 0 aliphatic carbocycles. The molecule has 0 bridgehead atoms. The van der Waals surface area contributed by atoms with E-state index in [0.29, 0.717) is 17.0 Å². The number of thioether (sulfide) groups is 1. The van der Waals surface area contributed by atoms with Crippen LogP contribution >= 0.6 is 11.8 Å². The van der Waals surface area contributed by atoms with Crippen LogP contribution in [0.25, 0.3) is 27.6 Å². The standard InChI is InChI=1S/C22H19N5O3S/c1-2-30-20(28)14-11-23-21(29)25-17(14)12-31-22-26-15-8-4-3-7-13(15)19-24-16-9-5-6-10-18(16)27(19)22/h3-10H,2,11-12H2,1H3,(H2,23,25,29). The van der Waals surface area contributed by atoms with Crippen molar-refractivity contribution >= 4 is 51.3 Å². The van der Waals surface area contributed by atoms with Crippen molar-refractivity contribution in [1.82, 2.24) is 25.0 Å². The Morgan fingerprint density at radius 3 is 2.74 bits per heavy atom. The number of ether oxygens (including phenoxy) is 1. The van der Waals surface area contributed by atoms with E-state index in [4.69, 9.17) is 14.7 Å². The second kappa shape index (κ2) is 7.92. The number of carbonyl (C=O) groups excluding carboxylic acids is 2. The number of benzene rings is 2. The molecular formula is C22H19N5O3S. The molecule has 156 valence electrons. The minimum absolute atomic E-state index is 0.134. The van der Waals surface area contributed by atoms with E-state index in [2.05, 4.69) is 10.6 Å². The summed E-state index contributed by atoms with van der Waals surface area (Å²) in [6.07, 6.45) is 0. The highest BCUT2D eigenvalue weighted by atomic mass is 32.2. The summed E-state index contributed by atoms with van der Waals surface area (Å²) >= 11 is 1.44. The average Bonchev–Trinajstić information content (AvgIpc) is 3.18. The van der Waals surface area contributed by atoms with Gasteiger partial charge in [-0.3, -0.25) is 4.40 Å². The van der Waals surface area contributed by atoms with E-state index >= 15 is 0 Å². The first-order valence-electron chi connectivity index (χ1n) is 9.88. The molecule has 0 saturated carbocycles. The number of para-hydroxylation sites is 3. The maximum absolute atomic E-state index is 12.3. The molecule has 9 heteroatoms. The second-order valence-electron chi connectivity index (χ2n) is 6.94. The second-order valence-corrected chi connectivity index (χ2v) is 7.89. The lowest BCUT2D eigenvalue weighted by molar-refractivity contribution is -0.138. The molecule has 4 aromatic rings. The fraction of sp³-hybridized carbons (Fsp3) is 0.182. The Bertz CT molecular complexity index is 1380. The molecule has 2 aromatic carbocycles. The van der Waals surface area contributed by atoms with E-state index in [0.717, 1.165) is 32.7 Å². The lowest BCUT2D eigenvalue weighted by Crippen LogP contribution is -2.44. The Hall–Kier alpha value is -3.59. The van der Waals surface area contributed by atoms with E-state index in [-0.39, 0.29) is 19.2 Å². The predicted molar refractivity (Wildman–Crippen MR) is 119 cm³/mol. The van der Waals surface area contributed by atoms with Crippen LogP contribution in [0.15, 0.2) is 65.0 Å². The third-order valence-corrected chi connectivity index (χ3v) is 6.00. The van der Waals surface area contributed by atoms with Crippen LogP contribution in [0.3, 0.4) is 0 Å². The van der Waals surface area contributed by atoms with E-state index in [1.807, 2.05) is 52.9 Å². The number of rotatable bonds is 5. The number of nitrogens with zero attached hydrogens (tertiary/aromatic N) is 3. The number of esters is 1. The first-order valence-corrected chi connectivity index (χ1v) is 10.9. The van der Waals surface area contributed by atoms with Gasteiger partial charge in [-0.1, -0.05) is 36.0 Å². The van der Waals surface area contributed by atoms with Crippen molar-refractivity contribution in [3.8, 4) is 0 Å². The van der Waals surface area contributed by atoms with E-state index in [9.17, 15) is 9.59 Å². The Kier molecular flexibility index (Phi) is 4.95. The van der Waals surface area contributed by atoms with Crippen LogP contribution in [-0.2, 0) is 9.53 Å². The summed E-state index contributed by atoms with van der Waals surface area (Å²) in [5, 5.41) is 7.06. The number of fused-ring (bicyclic) bond motifs is 5. The molecule has 1 aliphatic heterocycles. The summed E-state index contributed by atoms with van der Waals surface area (Å²) in [5.41, 5.74) is 4.43. The fourth-order valence-electron chi connectivity index (χ4n) is 3.62. The van der Waals surface area contributed by atoms with Gasteiger partial charge in [0.1, 0.15) is 5.65 Å². The first-order chi connectivity index (χ1) is 15.2. The molecule has 0 spiro atoms. The van der Waals surface area contributed by atoms with E-state index < -0.39 is 5.97 Å². The van der Waals surface area contributed by atoms with Gasteiger partial charge in [0.25, 0.3) is 0 Å². The number of urea groups is 1.